The Morgan fingerprint density at radius 3 is 2.33 bits per heavy atom. The summed E-state index contributed by atoms with van der Waals surface area (Å²) in [5, 5.41) is 2.08. The van der Waals surface area contributed by atoms with Crippen LogP contribution in [0, 0.1) is 0 Å². The number of carbonyl (C=O) groups is 1. The highest BCUT2D eigenvalue weighted by Gasteiger charge is 2.40. The molecule has 0 spiro atoms. The number of carbonyl (C=O) groups excluding carboxylic acids is 1. The highest BCUT2D eigenvalue weighted by Crippen LogP contribution is 2.21. The van der Waals surface area contributed by atoms with E-state index in [0.29, 0.717) is 13.1 Å². The molecule has 0 aromatic heterocycles. The second-order valence-corrected chi connectivity index (χ2v) is 4.35. The summed E-state index contributed by atoms with van der Waals surface area (Å²) in [6.45, 7) is 0.971. The molecule has 1 amide bonds. The third-order valence-electron chi connectivity index (χ3n) is 2.81. The number of alkyl halides is 4. The minimum absolute atomic E-state index is 0.340. The molecule has 1 fully saturated rings. The Morgan fingerprint density at radius 2 is 1.83 bits per heavy atom. The van der Waals surface area contributed by atoms with E-state index in [0.717, 1.165) is 13.1 Å². The zero-order valence-corrected chi connectivity index (χ0v) is 10.1. The largest absolute Gasteiger partial charge is 0.339 e. The molecule has 0 aliphatic carbocycles. The van der Waals surface area contributed by atoms with Crippen molar-refractivity contribution in [2.75, 3.05) is 46.3 Å². The molecule has 18 heavy (non-hydrogen) atoms. The molecule has 1 rings (SSSR count). The Kier molecular flexibility index (Phi) is 5.33. The Hall–Kier alpha value is -0.890. The fourth-order valence-corrected chi connectivity index (χ4v) is 1.58. The molecule has 0 aromatic carbocycles. The molecule has 1 aliphatic rings. The van der Waals surface area contributed by atoms with E-state index in [1.807, 2.05) is 11.9 Å². The quantitative estimate of drug-likeness (QED) is 0.728. The van der Waals surface area contributed by atoms with Crippen LogP contribution in [-0.2, 0) is 4.79 Å². The monoisotopic (exact) mass is 271 g/mol. The van der Waals surface area contributed by atoms with Crippen molar-refractivity contribution in [3.63, 3.8) is 0 Å². The summed E-state index contributed by atoms with van der Waals surface area (Å²) in [6.07, 6.45) is -3.72. The van der Waals surface area contributed by atoms with Gasteiger partial charge in [-0.15, -0.1) is 0 Å². The van der Waals surface area contributed by atoms with Gasteiger partial charge in [-0.1, -0.05) is 0 Å². The van der Waals surface area contributed by atoms with Gasteiger partial charge in [0.15, 0.2) is 0 Å². The number of amides is 1. The molecule has 1 heterocycles. The summed E-state index contributed by atoms with van der Waals surface area (Å²) in [4.78, 5) is 15.2. The third-order valence-corrected chi connectivity index (χ3v) is 2.81. The lowest BCUT2D eigenvalue weighted by Crippen LogP contribution is -2.50. The van der Waals surface area contributed by atoms with Gasteiger partial charge in [0, 0.05) is 26.2 Å². The number of hydrogen-bond acceptors (Lipinski definition) is 3. The van der Waals surface area contributed by atoms with Crippen molar-refractivity contribution in [1.29, 1.82) is 0 Å². The van der Waals surface area contributed by atoms with Gasteiger partial charge in [0.05, 0.1) is 13.1 Å². The number of hydrogen-bond donors (Lipinski definition) is 1. The zero-order chi connectivity index (χ0) is 13.8. The SMILES string of the molecule is CN1CCN(C(=O)CNCC(F)(F)C(F)F)CC1. The van der Waals surface area contributed by atoms with E-state index >= 15 is 0 Å². The van der Waals surface area contributed by atoms with Gasteiger partial charge >= 0.3 is 12.3 Å². The summed E-state index contributed by atoms with van der Waals surface area (Å²) >= 11 is 0. The van der Waals surface area contributed by atoms with Gasteiger partial charge in [-0.3, -0.25) is 4.79 Å². The van der Waals surface area contributed by atoms with Crippen molar-refractivity contribution < 1.29 is 22.4 Å². The van der Waals surface area contributed by atoms with Gasteiger partial charge < -0.3 is 15.1 Å². The number of rotatable bonds is 5. The van der Waals surface area contributed by atoms with Crippen molar-refractivity contribution in [3.05, 3.63) is 0 Å². The van der Waals surface area contributed by atoms with Gasteiger partial charge in [-0.25, -0.2) is 8.78 Å². The average Bonchev–Trinajstić information content (AvgIpc) is 2.29. The van der Waals surface area contributed by atoms with Gasteiger partial charge in [0.2, 0.25) is 5.91 Å². The average molecular weight is 271 g/mol. The molecule has 0 bridgehead atoms. The number of nitrogens with one attached hydrogen (secondary N) is 1. The first-order valence-electron chi connectivity index (χ1n) is 5.66. The van der Waals surface area contributed by atoms with Crippen LogP contribution >= 0.6 is 0 Å². The zero-order valence-electron chi connectivity index (χ0n) is 10.1. The lowest BCUT2D eigenvalue weighted by molar-refractivity contribution is -0.135. The van der Waals surface area contributed by atoms with Crippen LogP contribution in [0.4, 0.5) is 17.6 Å². The van der Waals surface area contributed by atoms with E-state index in [1.54, 1.807) is 0 Å². The van der Waals surface area contributed by atoms with Gasteiger partial charge in [-0.2, -0.15) is 8.78 Å². The highest BCUT2D eigenvalue weighted by molar-refractivity contribution is 5.78. The number of nitrogens with zero attached hydrogens (tertiary/aromatic N) is 2. The Labute approximate surface area is 103 Å². The summed E-state index contributed by atoms with van der Waals surface area (Å²) in [5.74, 6) is -4.43. The number of likely N-dealkylation sites (N-methyl/N-ethyl adjacent to an activating group) is 1. The molecular weight excluding hydrogens is 254 g/mol. The van der Waals surface area contributed by atoms with Gasteiger partial charge in [0.25, 0.3) is 0 Å². The molecule has 1 aliphatic heterocycles. The van der Waals surface area contributed by atoms with Crippen LogP contribution in [-0.4, -0.2) is 74.4 Å². The topological polar surface area (TPSA) is 35.6 Å². The third kappa shape index (κ3) is 4.41. The number of piperazine rings is 1. The Bertz CT molecular complexity index is 280. The van der Waals surface area contributed by atoms with E-state index in [1.165, 1.54) is 4.90 Å². The molecule has 0 atom stereocenters. The molecular formula is C10H17F4N3O. The van der Waals surface area contributed by atoms with Crippen LogP contribution in [0.1, 0.15) is 0 Å². The van der Waals surface area contributed by atoms with Crippen LogP contribution in [0.3, 0.4) is 0 Å². The fourth-order valence-electron chi connectivity index (χ4n) is 1.58. The summed E-state index contributed by atoms with van der Waals surface area (Å²) in [7, 11) is 1.92. The second kappa shape index (κ2) is 6.33. The molecule has 8 heteroatoms. The predicted molar refractivity (Wildman–Crippen MR) is 57.9 cm³/mol. The van der Waals surface area contributed by atoms with Crippen LogP contribution < -0.4 is 5.32 Å². The van der Waals surface area contributed by atoms with Crippen molar-refractivity contribution in [2.45, 2.75) is 12.3 Å². The molecule has 4 nitrogen and oxygen atoms in total. The van der Waals surface area contributed by atoms with E-state index < -0.39 is 18.9 Å². The second-order valence-electron chi connectivity index (χ2n) is 4.35. The first kappa shape index (κ1) is 15.2. The molecule has 0 unspecified atom stereocenters. The van der Waals surface area contributed by atoms with Crippen LogP contribution in [0.15, 0.2) is 0 Å². The summed E-state index contributed by atoms with van der Waals surface area (Å²) in [6, 6.07) is 0. The minimum atomic E-state index is -4.09. The van der Waals surface area contributed by atoms with E-state index in [-0.39, 0.29) is 12.5 Å². The van der Waals surface area contributed by atoms with E-state index in [2.05, 4.69) is 5.32 Å². The summed E-state index contributed by atoms with van der Waals surface area (Å²) in [5.41, 5.74) is 0. The van der Waals surface area contributed by atoms with Crippen LogP contribution in [0.5, 0.6) is 0 Å². The highest BCUT2D eigenvalue weighted by atomic mass is 19.3. The molecule has 1 saturated heterocycles. The molecule has 0 saturated carbocycles. The maximum absolute atomic E-state index is 12.5. The maximum Gasteiger partial charge on any atom is 0.319 e. The van der Waals surface area contributed by atoms with Crippen molar-refractivity contribution in [3.8, 4) is 0 Å². The lowest BCUT2D eigenvalue weighted by atomic mass is 10.3. The molecule has 0 radical (unpaired) electrons. The van der Waals surface area contributed by atoms with Gasteiger partial charge in [-0.05, 0) is 7.05 Å². The smallest absolute Gasteiger partial charge is 0.319 e. The first-order valence-corrected chi connectivity index (χ1v) is 5.66. The van der Waals surface area contributed by atoms with E-state index in [9.17, 15) is 22.4 Å². The fraction of sp³-hybridized carbons (Fsp3) is 0.900. The predicted octanol–water partition coefficient (Wildman–Crippen LogP) is 0.250. The van der Waals surface area contributed by atoms with Crippen molar-refractivity contribution in [2.24, 2.45) is 0 Å². The van der Waals surface area contributed by atoms with Gasteiger partial charge in [0.1, 0.15) is 0 Å². The molecule has 106 valence electrons. The summed E-state index contributed by atoms with van der Waals surface area (Å²) < 4.78 is 48.8. The Balaban J connectivity index is 2.25. The standard InChI is InChI=1S/C10H17F4N3O/c1-16-2-4-17(5-3-16)8(18)6-15-7-10(13,14)9(11)12/h9,15H,2-7H2,1H3. The first-order chi connectivity index (χ1) is 8.33. The number of halogens is 4. The maximum atomic E-state index is 12.5. The van der Waals surface area contributed by atoms with Crippen molar-refractivity contribution in [1.82, 2.24) is 15.1 Å². The van der Waals surface area contributed by atoms with E-state index in [4.69, 9.17) is 0 Å². The molecule has 0 aromatic rings. The van der Waals surface area contributed by atoms with Crippen LogP contribution in [0.2, 0.25) is 0 Å². The minimum Gasteiger partial charge on any atom is -0.339 e. The molecule has 1 N–H and O–H groups in total. The lowest BCUT2D eigenvalue weighted by Gasteiger charge is -2.32. The Morgan fingerprint density at radius 1 is 1.28 bits per heavy atom. The van der Waals surface area contributed by atoms with Crippen molar-refractivity contribution >= 4 is 5.91 Å². The van der Waals surface area contributed by atoms with Crippen LogP contribution in [0.25, 0.3) is 0 Å². The normalized spacial score (nSPS) is 18.4.